The van der Waals surface area contributed by atoms with E-state index in [-0.39, 0.29) is 11.8 Å². The molecule has 0 aliphatic carbocycles. The molecule has 0 bridgehead atoms. The van der Waals surface area contributed by atoms with Gasteiger partial charge in [-0.2, -0.15) is 0 Å². The number of carbonyl (C=O) groups is 2. The summed E-state index contributed by atoms with van der Waals surface area (Å²) in [5.74, 6) is 0.00979. The molecule has 0 aliphatic heterocycles. The van der Waals surface area contributed by atoms with Crippen molar-refractivity contribution in [2.75, 3.05) is 11.9 Å². The lowest BCUT2D eigenvalue weighted by Gasteiger charge is -2.04. The molecule has 5 nitrogen and oxygen atoms in total. The number of hydrogen-bond acceptors (Lipinski definition) is 4. The van der Waals surface area contributed by atoms with E-state index < -0.39 is 0 Å². The zero-order valence-corrected chi connectivity index (χ0v) is 18.9. The van der Waals surface area contributed by atoms with Gasteiger partial charge in [-0.15, -0.1) is 11.3 Å². The standard InChI is InChI=1S/C25H29N3O2S/c1-18-8-10-20(11-9-18)5-3-7-24(30)28-25-27-23(17-31-25)22-14-12-21(13-15-22)6-4-16-26-19(2)29/h8-15,17H,3-7,16H2,1-2H3,(H,26,29)(H,27,28,30). The first-order valence-electron chi connectivity index (χ1n) is 10.6. The average molecular weight is 436 g/mol. The van der Waals surface area contributed by atoms with Crippen molar-refractivity contribution in [3.63, 3.8) is 0 Å². The molecule has 0 unspecified atom stereocenters. The topological polar surface area (TPSA) is 71.1 Å². The molecule has 0 saturated carbocycles. The van der Waals surface area contributed by atoms with Crippen molar-refractivity contribution in [3.05, 3.63) is 70.6 Å². The summed E-state index contributed by atoms with van der Waals surface area (Å²) in [5.41, 5.74) is 5.63. The Kier molecular flexibility index (Phi) is 8.35. The largest absolute Gasteiger partial charge is 0.356 e. The summed E-state index contributed by atoms with van der Waals surface area (Å²) in [6, 6.07) is 16.7. The number of thiazole rings is 1. The molecule has 0 spiro atoms. The smallest absolute Gasteiger partial charge is 0.226 e. The highest BCUT2D eigenvalue weighted by molar-refractivity contribution is 7.14. The summed E-state index contributed by atoms with van der Waals surface area (Å²) in [7, 11) is 0. The Labute approximate surface area is 187 Å². The SMILES string of the molecule is CC(=O)NCCCc1ccc(-c2csc(NC(=O)CCCc3ccc(C)cc3)n2)cc1. The Bertz CT molecular complexity index is 994. The van der Waals surface area contributed by atoms with E-state index >= 15 is 0 Å². The first kappa shape index (κ1) is 22.7. The molecule has 0 atom stereocenters. The van der Waals surface area contributed by atoms with Crippen molar-refractivity contribution >= 4 is 28.3 Å². The summed E-state index contributed by atoms with van der Waals surface area (Å²) in [5, 5.41) is 8.33. The molecule has 0 radical (unpaired) electrons. The second-order valence-electron chi connectivity index (χ2n) is 7.71. The fourth-order valence-electron chi connectivity index (χ4n) is 3.25. The quantitative estimate of drug-likeness (QED) is 0.433. The molecular weight excluding hydrogens is 406 g/mol. The Morgan fingerprint density at radius 2 is 1.58 bits per heavy atom. The van der Waals surface area contributed by atoms with Crippen LogP contribution < -0.4 is 10.6 Å². The summed E-state index contributed by atoms with van der Waals surface area (Å²) >= 11 is 1.44. The van der Waals surface area contributed by atoms with Crippen LogP contribution in [-0.2, 0) is 22.4 Å². The monoisotopic (exact) mass is 435 g/mol. The third-order valence-electron chi connectivity index (χ3n) is 5.01. The van der Waals surface area contributed by atoms with E-state index in [1.165, 1.54) is 35.0 Å². The lowest BCUT2D eigenvalue weighted by molar-refractivity contribution is -0.119. The minimum atomic E-state index is 0.00234. The number of benzene rings is 2. The predicted octanol–water partition coefficient (Wildman–Crippen LogP) is 5.15. The maximum atomic E-state index is 12.2. The fraction of sp³-hybridized carbons (Fsp3) is 0.320. The van der Waals surface area contributed by atoms with E-state index in [9.17, 15) is 9.59 Å². The summed E-state index contributed by atoms with van der Waals surface area (Å²) in [4.78, 5) is 27.7. The maximum Gasteiger partial charge on any atom is 0.226 e. The van der Waals surface area contributed by atoms with E-state index in [2.05, 4.69) is 71.1 Å². The number of rotatable bonds is 10. The van der Waals surface area contributed by atoms with Gasteiger partial charge in [0, 0.05) is 30.8 Å². The van der Waals surface area contributed by atoms with E-state index in [0.717, 1.165) is 36.9 Å². The molecule has 1 aromatic heterocycles. The summed E-state index contributed by atoms with van der Waals surface area (Å²) in [6.07, 6.45) is 4.03. The molecular formula is C25H29N3O2S. The van der Waals surface area contributed by atoms with Gasteiger partial charge in [0.25, 0.3) is 0 Å². The lowest BCUT2D eigenvalue weighted by Crippen LogP contribution is -2.21. The summed E-state index contributed by atoms with van der Waals surface area (Å²) in [6.45, 7) is 4.30. The fourth-order valence-corrected chi connectivity index (χ4v) is 3.99. The van der Waals surface area contributed by atoms with Crippen LogP contribution in [0.1, 0.15) is 42.9 Å². The van der Waals surface area contributed by atoms with Crippen molar-refractivity contribution in [2.45, 2.75) is 46.0 Å². The molecule has 0 fully saturated rings. The van der Waals surface area contributed by atoms with Crippen LogP contribution in [0, 0.1) is 6.92 Å². The average Bonchev–Trinajstić information content (AvgIpc) is 3.21. The highest BCUT2D eigenvalue weighted by Crippen LogP contribution is 2.25. The van der Waals surface area contributed by atoms with E-state index in [1.54, 1.807) is 0 Å². The van der Waals surface area contributed by atoms with Gasteiger partial charge in [-0.3, -0.25) is 9.59 Å². The van der Waals surface area contributed by atoms with Crippen LogP contribution in [-0.4, -0.2) is 23.3 Å². The van der Waals surface area contributed by atoms with Gasteiger partial charge < -0.3 is 10.6 Å². The number of nitrogens with one attached hydrogen (secondary N) is 2. The molecule has 6 heteroatoms. The molecule has 162 valence electrons. The normalized spacial score (nSPS) is 10.6. The van der Waals surface area contributed by atoms with Gasteiger partial charge in [-0.05, 0) is 43.7 Å². The zero-order chi connectivity index (χ0) is 22.1. The minimum absolute atomic E-state index is 0.00234. The first-order valence-corrected chi connectivity index (χ1v) is 11.5. The van der Waals surface area contributed by atoms with Gasteiger partial charge in [-0.25, -0.2) is 4.98 Å². The number of aryl methyl sites for hydroxylation is 3. The van der Waals surface area contributed by atoms with Crippen LogP contribution in [0.15, 0.2) is 53.9 Å². The number of amides is 2. The van der Waals surface area contributed by atoms with Crippen LogP contribution in [0.25, 0.3) is 11.3 Å². The Hall–Kier alpha value is -2.99. The van der Waals surface area contributed by atoms with Crippen molar-refractivity contribution in [1.29, 1.82) is 0 Å². The van der Waals surface area contributed by atoms with Crippen LogP contribution >= 0.6 is 11.3 Å². The summed E-state index contributed by atoms with van der Waals surface area (Å²) < 4.78 is 0. The van der Waals surface area contributed by atoms with Crippen molar-refractivity contribution in [3.8, 4) is 11.3 Å². The first-order chi connectivity index (χ1) is 15.0. The highest BCUT2D eigenvalue weighted by Gasteiger charge is 2.08. The molecule has 2 amide bonds. The van der Waals surface area contributed by atoms with E-state index in [1.807, 2.05) is 5.38 Å². The molecule has 0 aliphatic rings. The third kappa shape index (κ3) is 7.64. The Morgan fingerprint density at radius 1 is 0.935 bits per heavy atom. The van der Waals surface area contributed by atoms with E-state index in [0.29, 0.717) is 18.1 Å². The Balaban J connectivity index is 1.44. The van der Waals surface area contributed by atoms with Crippen molar-refractivity contribution < 1.29 is 9.59 Å². The molecule has 1 heterocycles. The molecule has 2 N–H and O–H groups in total. The Morgan fingerprint density at radius 3 is 2.26 bits per heavy atom. The molecule has 31 heavy (non-hydrogen) atoms. The van der Waals surface area contributed by atoms with Gasteiger partial charge >= 0.3 is 0 Å². The minimum Gasteiger partial charge on any atom is -0.356 e. The maximum absolute atomic E-state index is 12.2. The molecule has 2 aromatic carbocycles. The highest BCUT2D eigenvalue weighted by atomic mass is 32.1. The molecule has 3 rings (SSSR count). The number of hydrogen-bond donors (Lipinski definition) is 2. The van der Waals surface area contributed by atoms with Crippen LogP contribution in [0.4, 0.5) is 5.13 Å². The zero-order valence-electron chi connectivity index (χ0n) is 18.1. The molecule has 0 saturated heterocycles. The number of aromatic nitrogens is 1. The van der Waals surface area contributed by atoms with Crippen LogP contribution in [0.5, 0.6) is 0 Å². The van der Waals surface area contributed by atoms with Crippen molar-refractivity contribution in [1.82, 2.24) is 10.3 Å². The lowest BCUT2D eigenvalue weighted by atomic mass is 10.1. The second-order valence-corrected chi connectivity index (χ2v) is 8.57. The van der Waals surface area contributed by atoms with Gasteiger partial charge in [0.15, 0.2) is 5.13 Å². The number of nitrogens with zero attached hydrogens (tertiary/aromatic N) is 1. The van der Waals surface area contributed by atoms with Crippen LogP contribution in [0.3, 0.4) is 0 Å². The number of carbonyl (C=O) groups excluding carboxylic acids is 2. The number of anilines is 1. The van der Waals surface area contributed by atoms with E-state index in [4.69, 9.17) is 0 Å². The van der Waals surface area contributed by atoms with Gasteiger partial charge in [0.05, 0.1) is 5.69 Å². The van der Waals surface area contributed by atoms with Crippen molar-refractivity contribution in [2.24, 2.45) is 0 Å². The third-order valence-corrected chi connectivity index (χ3v) is 5.76. The van der Waals surface area contributed by atoms with Gasteiger partial charge in [0.2, 0.25) is 11.8 Å². The molecule has 3 aromatic rings. The van der Waals surface area contributed by atoms with Gasteiger partial charge in [-0.1, -0.05) is 54.1 Å². The van der Waals surface area contributed by atoms with Crippen LogP contribution in [0.2, 0.25) is 0 Å². The second kappa shape index (κ2) is 11.4. The van der Waals surface area contributed by atoms with Gasteiger partial charge in [0.1, 0.15) is 0 Å². The predicted molar refractivity (Wildman–Crippen MR) is 127 cm³/mol.